The van der Waals surface area contributed by atoms with Crippen LogP contribution in [0, 0.1) is 5.92 Å². The maximum Gasteiger partial charge on any atom is 0.0942 e. The summed E-state index contributed by atoms with van der Waals surface area (Å²) in [5, 5.41) is 10.5. The minimum Gasteiger partial charge on any atom is -0.387 e. The number of benzene rings is 1. The third kappa shape index (κ3) is 3.37. The van der Waals surface area contributed by atoms with Crippen molar-refractivity contribution in [2.24, 2.45) is 5.92 Å². The molecule has 0 bridgehead atoms. The standard InChI is InChI=1S/C17H27NO/c1-13-9-7-8-12-16(13)18(3)14(2)17(19)15-10-5-4-6-11-15/h4-6,10-11,13-14,16-17,19H,7-9,12H2,1-3H3. The van der Waals surface area contributed by atoms with Crippen molar-refractivity contribution in [2.75, 3.05) is 7.05 Å². The van der Waals surface area contributed by atoms with Gasteiger partial charge in [0.2, 0.25) is 0 Å². The summed E-state index contributed by atoms with van der Waals surface area (Å²) in [7, 11) is 2.17. The lowest BCUT2D eigenvalue weighted by Gasteiger charge is -2.41. The second-order valence-electron chi connectivity index (χ2n) is 6.09. The summed E-state index contributed by atoms with van der Waals surface area (Å²) >= 11 is 0. The quantitative estimate of drug-likeness (QED) is 0.895. The minimum absolute atomic E-state index is 0.160. The Bertz CT molecular complexity index is 378. The smallest absolute Gasteiger partial charge is 0.0942 e. The summed E-state index contributed by atoms with van der Waals surface area (Å²) in [6.45, 7) is 4.49. The van der Waals surface area contributed by atoms with Gasteiger partial charge < -0.3 is 5.11 Å². The molecule has 2 rings (SSSR count). The van der Waals surface area contributed by atoms with Crippen molar-refractivity contribution >= 4 is 0 Å². The zero-order chi connectivity index (χ0) is 13.8. The number of likely N-dealkylation sites (N-methyl/N-ethyl adjacent to an activating group) is 1. The van der Waals surface area contributed by atoms with Crippen LogP contribution in [0.25, 0.3) is 0 Å². The van der Waals surface area contributed by atoms with Gasteiger partial charge in [-0.05, 0) is 38.3 Å². The van der Waals surface area contributed by atoms with Crippen molar-refractivity contribution in [1.82, 2.24) is 4.90 Å². The molecule has 106 valence electrons. The molecule has 0 radical (unpaired) electrons. The van der Waals surface area contributed by atoms with Gasteiger partial charge in [-0.3, -0.25) is 4.90 Å². The SMILES string of the molecule is CC1CCCCC1N(C)C(C)C(O)c1ccccc1. The number of nitrogens with zero attached hydrogens (tertiary/aromatic N) is 1. The molecule has 0 spiro atoms. The summed E-state index contributed by atoms with van der Waals surface area (Å²) in [5.41, 5.74) is 1.02. The molecule has 1 aliphatic carbocycles. The third-order valence-corrected chi connectivity index (χ3v) is 4.83. The average molecular weight is 261 g/mol. The van der Waals surface area contributed by atoms with Gasteiger partial charge in [-0.1, -0.05) is 50.1 Å². The van der Waals surface area contributed by atoms with E-state index in [1.165, 1.54) is 25.7 Å². The van der Waals surface area contributed by atoms with Gasteiger partial charge in [0.1, 0.15) is 0 Å². The van der Waals surface area contributed by atoms with Crippen molar-refractivity contribution in [2.45, 2.75) is 57.7 Å². The number of aliphatic hydroxyl groups is 1. The van der Waals surface area contributed by atoms with E-state index in [1.54, 1.807) is 0 Å². The predicted molar refractivity (Wildman–Crippen MR) is 80.0 cm³/mol. The Kier molecular flexibility index (Phi) is 5.00. The first-order valence-electron chi connectivity index (χ1n) is 7.56. The van der Waals surface area contributed by atoms with Crippen molar-refractivity contribution in [3.63, 3.8) is 0 Å². The molecule has 1 fully saturated rings. The molecular formula is C17H27NO. The highest BCUT2D eigenvalue weighted by Gasteiger charge is 2.30. The molecule has 4 atom stereocenters. The second kappa shape index (κ2) is 6.53. The molecule has 0 aromatic heterocycles. The lowest BCUT2D eigenvalue weighted by Crippen LogP contribution is -2.46. The monoisotopic (exact) mass is 261 g/mol. The van der Waals surface area contributed by atoms with Crippen molar-refractivity contribution in [3.05, 3.63) is 35.9 Å². The lowest BCUT2D eigenvalue weighted by molar-refractivity contribution is 0.0225. The van der Waals surface area contributed by atoms with Crippen LogP contribution in [-0.4, -0.2) is 29.1 Å². The minimum atomic E-state index is -0.402. The van der Waals surface area contributed by atoms with Gasteiger partial charge in [0, 0.05) is 12.1 Å². The Morgan fingerprint density at radius 2 is 1.79 bits per heavy atom. The van der Waals surface area contributed by atoms with Crippen LogP contribution in [-0.2, 0) is 0 Å². The fraction of sp³-hybridized carbons (Fsp3) is 0.647. The first-order chi connectivity index (χ1) is 9.11. The zero-order valence-corrected chi connectivity index (χ0v) is 12.4. The summed E-state index contributed by atoms with van der Waals surface area (Å²) in [6, 6.07) is 10.8. The molecule has 2 heteroatoms. The third-order valence-electron chi connectivity index (χ3n) is 4.83. The molecular weight excluding hydrogens is 234 g/mol. The van der Waals surface area contributed by atoms with E-state index in [-0.39, 0.29) is 6.04 Å². The maximum atomic E-state index is 10.5. The Labute approximate surface area is 117 Å². The molecule has 0 saturated heterocycles. The van der Waals surface area contributed by atoms with E-state index in [2.05, 4.69) is 25.8 Å². The van der Waals surface area contributed by atoms with E-state index in [9.17, 15) is 5.11 Å². The average Bonchev–Trinajstić information content (AvgIpc) is 2.46. The summed E-state index contributed by atoms with van der Waals surface area (Å²) in [5.74, 6) is 0.740. The van der Waals surface area contributed by atoms with E-state index in [0.29, 0.717) is 6.04 Å². The molecule has 1 aliphatic rings. The van der Waals surface area contributed by atoms with Crippen LogP contribution >= 0.6 is 0 Å². The molecule has 2 nitrogen and oxygen atoms in total. The highest BCUT2D eigenvalue weighted by Crippen LogP contribution is 2.31. The highest BCUT2D eigenvalue weighted by molar-refractivity contribution is 5.18. The van der Waals surface area contributed by atoms with Gasteiger partial charge >= 0.3 is 0 Å². The Hall–Kier alpha value is -0.860. The molecule has 1 N–H and O–H groups in total. The number of rotatable bonds is 4. The van der Waals surface area contributed by atoms with Gasteiger partial charge in [0.15, 0.2) is 0 Å². The van der Waals surface area contributed by atoms with Crippen LogP contribution in [0.3, 0.4) is 0 Å². The second-order valence-corrected chi connectivity index (χ2v) is 6.09. The van der Waals surface area contributed by atoms with E-state index in [4.69, 9.17) is 0 Å². The lowest BCUT2D eigenvalue weighted by atomic mass is 9.84. The van der Waals surface area contributed by atoms with E-state index < -0.39 is 6.10 Å². The highest BCUT2D eigenvalue weighted by atomic mass is 16.3. The molecule has 19 heavy (non-hydrogen) atoms. The van der Waals surface area contributed by atoms with Crippen molar-refractivity contribution in [1.29, 1.82) is 0 Å². The van der Waals surface area contributed by atoms with Gasteiger partial charge in [0.05, 0.1) is 6.10 Å². The fourth-order valence-electron chi connectivity index (χ4n) is 3.36. The van der Waals surface area contributed by atoms with Gasteiger partial charge in [-0.2, -0.15) is 0 Å². The molecule has 1 aromatic carbocycles. The maximum absolute atomic E-state index is 10.5. The Morgan fingerprint density at radius 3 is 2.42 bits per heavy atom. The van der Waals surface area contributed by atoms with E-state index >= 15 is 0 Å². The van der Waals surface area contributed by atoms with Crippen LogP contribution in [0.5, 0.6) is 0 Å². The molecule has 1 saturated carbocycles. The summed E-state index contributed by atoms with van der Waals surface area (Å²) in [4.78, 5) is 2.39. The largest absolute Gasteiger partial charge is 0.387 e. The molecule has 0 amide bonds. The Morgan fingerprint density at radius 1 is 1.16 bits per heavy atom. The molecule has 0 aliphatic heterocycles. The number of hydrogen-bond acceptors (Lipinski definition) is 2. The topological polar surface area (TPSA) is 23.5 Å². The van der Waals surface area contributed by atoms with Gasteiger partial charge in [-0.25, -0.2) is 0 Å². The van der Waals surface area contributed by atoms with Crippen LogP contribution in [0.1, 0.15) is 51.2 Å². The predicted octanol–water partition coefficient (Wildman–Crippen LogP) is 3.62. The van der Waals surface area contributed by atoms with Crippen molar-refractivity contribution in [3.8, 4) is 0 Å². The van der Waals surface area contributed by atoms with Crippen LogP contribution < -0.4 is 0 Å². The number of aliphatic hydroxyl groups excluding tert-OH is 1. The fourth-order valence-corrected chi connectivity index (χ4v) is 3.36. The molecule has 4 unspecified atom stereocenters. The normalized spacial score (nSPS) is 27.2. The van der Waals surface area contributed by atoms with Gasteiger partial charge in [0.25, 0.3) is 0 Å². The first-order valence-corrected chi connectivity index (χ1v) is 7.56. The van der Waals surface area contributed by atoms with E-state index in [1.807, 2.05) is 30.3 Å². The van der Waals surface area contributed by atoms with Crippen molar-refractivity contribution < 1.29 is 5.11 Å². The van der Waals surface area contributed by atoms with Crippen LogP contribution in [0.4, 0.5) is 0 Å². The zero-order valence-electron chi connectivity index (χ0n) is 12.4. The van der Waals surface area contributed by atoms with Gasteiger partial charge in [-0.15, -0.1) is 0 Å². The first kappa shape index (κ1) is 14.5. The summed E-state index contributed by atoms with van der Waals surface area (Å²) in [6.07, 6.45) is 4.88. The van der Waals surface area contributed by atoms with E-state index in [0.717, 1.165) is 11.5 Å². The van der Waals surface area contributed by atoms with Crippen LogP contribution in [0.15, 0.2) is 30.3 Å². The number of hydrogen-bond donors (Lipinski definition) is 1. The van der Waals surface area contributed by atoms with Crippen LogP contribution in [0.2, 0.25) is 0 Å². The summed E-state index contributed by atoms with van der Waals surface area (Å²) < 4.78 is 0. The Balaban J connectivity index is 2.03. The molecule has 1 aromatic rings. The molecule has 0 heterocycles.